The fourth-order valence-corrected chi connectivity index (χ4v) is 4.81. The number of hydrogen-bond donors (Lipinski definition) is 2. The summed E-state index contributed by atoms with van der Waals surface area (Å²) in [5.41, 5.74) is 1.59. The van der Waals surface area contributed by atoms with E-state index in [-0.39, 0.29) is 29.2 Å². The number of halogens is 1. The molecule has 0 aliphatic carbocycles. The standard InChI is InChI=1S/C25H28ClN9O6/c1-4-35-32-22(31-33-35)19-18(39-13(2)37)20(40-14(3)38)24(41-19)34-12-27-17-21(29-25(26)30-23(17)34)28-16(11-36)10-15-8-6-5-7-9-15/h5-9,12,16,18-20,24,36H,4,10-11H2,1-3H3,(H,28,29,30). The van der Waals surface area contributed by atoms with Crippen LogP contribution >= 0.6 is 11.6 Å². The minimum Gasteiger partial charge on any atom is -0.455 e. The molecule has 216 valence electrons. The van der Waals surface area contributed by atoms with Crippen molar-refractivity contribution in [3.05, 3.63) is 53.3 Å². The van der Waals surface area contributed by atoms with Crippen LogP contribution in [-0.2, 0) is 36.8 Å². The molecule has 1 aliphatic heterocycles. The third-order valence-corrected chi connectivity index (χ3v) is 6.52. The van der Waals surface area contributed by atoms with Crippen LogP contribution in [0.25, 0.3) is 11.2 Å². The average molecular weight is 586 g/mol. The highest BCUT2D eigenvalue weighted by atomic mass is 35.5. The van der Waals surface area contributed by atoms with Crippen molar-refractivity contribution in [1.29, 1.82) is 0 Å². The lowest BCUT2D eigenvalue weighted by molar-refractivity contribution is -0.165. The molecule has 1 aliphatic rings. The van der Waals surface area contributed by atoms with E-state index in [1.54, 1.807) is 0 Å². The molecule has 0 saturated carbocycles. The highest BCUT2D eigenvalue weighted by Crippen LogP contribution is 2.42. The number of nitrogens with zero attached hydrogens (tertiary/aromatic N) is 8. The fraction of sp³-hybridized carbons (Fsp3) is 0.440. The van der Waals surface area contributed by atoms with Gasteiger partial charge < -0.3 is 24.6 Å². The number of imidazole rings is 1. The van der Waals surface area contributed by atoms with Crippen LogP contribution in [0.2, 0.25) is 5.28 Å². The van der Waals surface area contributed by atoms with E-state index < -0.39 is 42.5 Å². The Kier molecular flexibility index (Phi) is 8.37. The Morgan fingerprint density at radius 3 is 2.54 bits per heavy atom. The molecule has 41 heavy (non-hydrogen) atoms. The van der Waals surface area contributed by atoms with Gasteiger partial charge in [0, 0.05) is 13.8 Å². The van der Waals surface area contributed by atoms with Crippen molar-refractivity contribution in [2.24, 2.45) is 0 Å². The Morgan fingerprint density at radius 1 is 1.15 bits per heavy atom. The fourth-order valence-electron chi connectivity index (χ4n) is 4.64. The molecular weight excluding hydrogens is 558 g/mol. The van der Waals surface area contributed by atoms with E-state index in [0.29, 0.717) is 18.5 Å². The van der Waals surface area contributed by atoms with Gasteiger partial charge in [-0.3, -0.25) is 14.2 Å². The van der Waals surface area contributed by atoms with Crippen molar-refractivity contribution < 1.29 is 28.9 Å². The van der Waals surface area contributed by atoms with Gasteiger partial charge in [0.1, 0.15) is 0 Å². The summed E-state index contributed by atoms with van der Waals surface area (Å²) in [6, 6.07) is 9.26. The van der Waals surface area contributed by atoms with Crippen molar-refractivity contribution in [2.75, 3.05) is 11.9 Å². The second kappa shape index (κ2) is 12.1. The Bertz CT molecular complexity index is 1530. The Labute approximate surface area is 238 Å². The van der Waals surface area contributed by atoms with Gasteiger partial charge in [-0.2, -0.15) is 14.8 Å². The third kappa shape index (κ3) is 6.11. The molecular formula is C25H28ClN9O6. The maximum absolute atomic E-state index is 12.1. The van der Waals surface area contributed by atoms with Crippen LogP contribution in [0.3, 0.4) is 0 Å². The van der Waals surface area contributed by atoms with Crippen molar-refractivity contribution in [2.45, 2.75) is 64.3 Å². The first-order valence-corrected chi connectivity index (χ1v) is 13.2. The summed E-state index contributed by atoms with van der Waals surface area (Å²) in [4.78, 5) is 38.7. The number of aliphatic hydroxyl groups is 1. The summed E-state index contributed by atoms with van der Waals surface area (Å²) in [6.45, 7) is 4.57. The van der Waals surface area contributed by atoms with E-state index in [1.165, 1.54) is 29.5 Å². The Morgan fingerprint density at radius 2 is 1.88 bits per heavy atom. The average Bonchev–Trinajstić information content (AvgIpc) is 3.66. The number of esters is 2. The number of nitrogens with one attached hydrogen (secondary N) is 1. The van der Waals surface area contributed by atoms with Crippen LogP contribution in [0.1, 0.15) is 44.5 Å². The van der Waals surface area contributed by atoms with Gasteiger partial charge in [-0.25, -0.2) is 4.98 Å². The first kappa shape index (κ1) is 28.3. The monoisotopic (exact) mass is 585 g/mol. The van der Waals surface area contributed by atoms with Crippen LogP contribution in [0.15, 0.2) is 36.7 Å². The SMILES string of the molecule is CCn1nnc(C2OC(n3cnc4c(NC(CO)Cc5ccccc5)nc(Cl)nc43)C(OC(C)=O)C2OC(C)=O)n1. The van der Waals surface area contributed by atoms with Crippen LogP contribution in [0, 0.1) is 0 Å². The molecule has 16 heteroatoms. The first-order chi connectivity index (χ1) is 19.8. The van der Waals surface area contributed by atoms with Crippen molar-refractivity contribution in [3.8, 4) is 0 Å². The molecule has 4 aromatic rings. The quantitative estimate of drug-likeness (QED) is 0.202. The van der Waals surface area contributed by atoms with Crippen molar-refractivity contribution in [1.82, 2.24) is 39.7 Å². The van der Waals surface area contributed by atoms with E-state index in [9.17, 15) is 14.7 Å². The smallest absolute Gasteiger partial charge is 0.303 e. The zero-order chi connectivity index (χ0) is 29.1. The molecule has 1 aromatic carbocycles. The molecule has 3 aromatic heterocycles. The molecule has 5 atom stereocenters. The van der Waals surface area contributed by atoms with E-state index in [4.69, 9.17) is 25.8 Å². The van der Waals surface area contributed by atoms with Crippen LogP contribution in [0.4, 0.5) is 5.82 Å². The van der Waals surface area contributed by atoms with Crippen molar-refractivity contribution in [3.63, 3.8) is 0 Å². The highest BCUT2D eigenvalue weighted by molar-refractivity contribution is 6.28. The number of aromatic nitrogens is 8. The second-order valence-electron chi connectivity index (χ2n) is 9.31. The molecule has 1 saturated heterocycles. The number of anilines is 1. The number of aryl methyl sites for hydroxylation is 1. The lowest BCUT2D eigenvalue weighted by Gasteiger charge is -2.23. The van der Waals surface area contributed by atoms with Gasteiger partial charge in [-0.05, 0) is 35.7 Å². The summed E-state index contributed by atoms with van der Waals surface area (Å²) in [5, 5.41) is 25.5. The molecule has 5 rings (SSSR count). The van der Waals surface area contributed by atoms with E-state index >= 15 is 0 Å². The maximum Gasteiger partial charge on any atom is 0.303 e. The lowest BCUT2D eigenvalue weighted by Crippen LogP contribution is -2.37. The molecule has 5 unspecified atom stereocenters. The summed E-state index contributed by atoms with van der Waals surface area (Å²) < 4.78 is 18.9. The second-order valence-corrected chi connectivity index (χ2v) is 9.65. The summed E-state index contributed by atoms with van der Waals surface area (Å²) in [7, 11) is 0. The Hall–Kier alpha value is -4.21. The largest absolute Gasteiger partial charge is 0.455 e. The summed E-state index contributed by atoms with van der Waals surface area (Å²) in [6.07, 6.45) is -2.38. The predicted molar refractivity (Wildman–Crippen MR) is 142 cm³/mol. The number of carbonyl (C=O) groups is 2. The number of fused-ring (bicyclic) bond motifs is 1. The van der Waals surface area contributed by atoms with Gasteiger partial charge >= 0.3 is 11.9 Å². The number of tetrazole rings is 1. The highest BCUT2D eigenvalue weighted by Gasteiger charge is 2.53. The number of rotatable bonds is 10. The minimum atomic E-state index is -1.12. The van der Waals surface area contributed by atoms with E-state index in [1.807, 2.05) is 37.3 Å². The molecule has 4 heterocycles. The number of ether oxygens (including phenoxy) is 3. The van der Waals surface area contributed by atoms with Gasteiger partial charge in [0.25, 0.3) is 0 Å². The molecule has 0 radical (unpaired) electrons. The normalized spacial score (nSPS) is 21.1. The molecule has 1 fully saturated rings. The summed E-state index contributed by atoms with van der Waals surface area (Å²) >= 11 is 6.32. The molecule has 0 amide bonds. The molecule has 0 bridgehead atoms. The number of benzene rings is 1. The van der Waals surface area contributed by atoms with Crippen molar-refractivity contribution >= 4 is 40.5 Å². The lowest BCUT2D eigenvalue weighted by atomic mass is 10.1. The van der Waals surface area contributed by atoms with Gasteiger partial charge in [-0.15, -0.1) is 10.2 Å². The zero-order valence-corrected chi connectivity index (χ0v) is 23.2. The topological polar surface area (TPSA) is 181 Å². The predicted octanol–water partition coefficient (Wildman–Crippen LogP) is 1.64. The number of hydrogen-bond acceptors (Lipinski definition) is 13. The Balaban J connectivity index is 1.52. The molecule has 2 N–H and O–H groups in total. The van der Waals surface area contributed by atoms with E-state index in [0.717, 1.165) is 5.56 Å². The van der Waals surface area contributed by atoms with Crippen LogP contribution in [-0.4, -0.2) is 81.6 Å². The number of carbonyl (C=O) groups excluding carboxylic acids is 2. The van der Waals surface area contributed by atoms with Gasteiger partial charge in [0.05, 0.1) is 25.5 Å². The van der Waals surface area contributed by atoms with Gasteiger partial charge in [0.15, 0.2) is 41.5 Å². The van der Waals surface area contributed by atoms with Gasteiger partial charge in [-0.1, -0.05) is 30.3 Å². The summed E-state index contributed by atoms with van der Waals surface area (Å²) in [5.74, 6) is -0.817. The molecule has 15 nitrogen and oxygen atoms in total. The first-order valence-electron chi connectivity index (χ1n) is 12.9. The molecule has 0 spiro atoms. The maximum atomic E-state index is 12.1. The van der Waals surface area contributed by atoms with Crippen LogP contribution in [0.5, 0.6) is 0 Å². The van der Waals surface area contributed by atoms with Crippen LogP contribution < -0.4 is 5.32 Å². The minimum absolute atomic E-state index is 0.0965. The number of aliphatic hydroxyl groups excluding tert-OH is 1. The van der Waals surface area contributed by atoms with Gasteiger partial charge in [0.2, 0.25) is 11.1 Å². The van der Waals surface area contributed by atoms with E-state index in [2.05, 4.69) is 35.7 Å². The zero-order valence-electron chi connectivity index (χ0n) is 22.4. The third-order valence-electron chi connectivity index (χ3n) is 6.35.